The Morgan fingerprint density at radius 1 is 1.15 bits per heavy atom. The lowest BCUT2D eigenvalue weighted by Gasteiger charge is -2.33. The molecule has 8 heteroatoms. The van der Waals surface area contributed by atoms with Gasteiger partial charge in [0.05, 0.1) is 19.3 Å². The summed E-state index contributed by atoms with van der Waals surface area (Å²) in [5.41, 5.74) is 3.45. The molecule has 0 aliphatic carbocycles. The Bertz CT molecular complexity index is 1280. The van der Waals surface area contributed by atoms with Crippen LogP contribution in [0.15, 0.2) is 66.7 Å². The number of carbonyl (C=O) groups is 2. The van der Waals surface area contributed by atoms with Crippen molar-refractivity contribution in [2.45, 2.75) is 18.3 Å². The molecule has 0 radical (unpaired) electrons. The summed E-state index contributed by atoms with van der Waals surface area (Å²) in [6, 6.07) is 18.9. The van der Waals surface area contributed by atoms with E-state index < -0.39 is 4.87 Å². The molecule has 2 heterocycles. The summed E-state index contributed by atoms with van der Waals surface area (Å²) in [4.78, 5) is 29.5. The summed E-state index contributed by atoms with van der Waals surface area (Å²) in [5.74, 6) is 0.631. The minimum absolute atomic E-state index is 0.0925. The highest BCUT2D eigenvalue weighted by atomic mass is 32.2. The third-order valence-corrected chi connectivity index (χ3v) is 7.62. The minimum Gasteiger partial charge on any atom is -0.497 e. The van der Waals surface area contributed by atoms with Crippen LogP contribution in [-0.2, 0) is 16.2 Å². The Balaban J connectivity index is 1.53. The maximum absolute atomic E-state index is 14.5. The molecule has 3 aromatic carbocycles. The number of ether oxygens (including phenoxy) is 1. The van der Waals surface area contributed by atoms with Gasteiger partial charge in [-0.05, 0) is 31.2 Å². The Morgan fingerprint density at radius 2 is 1.97 bits per heavy atom. The Hall–Kier alpha value is -3.52. The summed E-state index contributed by atoms with van der Waals surface area (Å²) in [6.45, 7) is 2.46. The zero-order valence-electron chi connectivity index (χ0n) is 18.9. The van der Waals surface area contributed by atoms with Crippen molar-refractivity contribution in [1.29, 1.82) is 0 Å². The fourth-order valence-corrected chi connectivity index (χ4v) is 6.03. The van der Waals surface area contributed by atoms with Crippen molar-refractivity contribution >= 4 is 35.1 Å². The SMILES string of the molecule is COc1cccc(NC(=O)N2CCS[C@]23C(=O)N(Cc2ccccc2F)c2ccc(C)cc23)c1. The molecule has 2 aliphatic rings. The van der Waals surface area contributed by atoms with Gasteiger partial charge in [0.2, 0.25) is 0 Å². The van der Waals surface area contributed by atoms with Gasteiger partial charge in [0.1, 0.15) is 11.6 Å². The first-order valence-corrected chi connectivity index (χ1v) is 12.0. The van der Waals surface area contributed by atoms with E-state index in [2.05, 4.69) is 5.32 Å². The summed E-state index contributed by atoms with van der Waals surface area (Å²) < 4.78 is 19.7. The topological polar surface area (TPSA) is 61.9 Å². The first kappa shape index (κ1) is 22.3. The van der Waals surface area contributed by atoms with Crippen LogP contribution in [0.3, 0.4) is 0 Å². The highest BCUT2D eigenvalue weighted by molar-refractivity contribution is 8.01. The molecule has 174 valence electrons. The number of nitrogens with one attached hydrogen (secondary N) is 1. The molecule has 3 aromatic rings. The van der Waals surface area contributed by atoms with E-state index in [-0.39, 0.29) is 24.3 Å². The molecule has 1 N–H and O–H groups in total. The number of thioether (sulfide) groups is 1. The standard InChI is InChI=1S/C26H24FN3O3S/c1-17-10-11-23-21(14-17)26(24(31)29(23)16-18-6-3-4-9-22(18)27)30(12-13-34-26)25(32)28-19-7-5-8-20(15-19)33-2/h3-11,14-15H,12-13,16H2,1-2H3,(H,28,32)/t26-/m1/s1. The van der Waals surface area contributed by atoms with E-state index in [9.17, 15) is 14.0 Å². The van der Waals surface area contributed by atoms with Crippen LogP contribution in [0.4, 0.5) is 20.6 Å². The van der Waals surface area contributed by atoms with Crippen LogP contribution in [0.5, 0.6) is 5.75 Å². The van der Waals surface area contributed by atoms with E-state index in [0.29, 0.717) is 35.0 Å². The molecule has 5 rings (SSSR count). The van der Waals surface area contributed by atoms with E-state index in [1.807, 2.05) is 25.1 Å². The number of urea groups is 1. The first-order valence-electron chi connectivity index (χ1n) is 11.0. The third kappa shape index (κ3) is 3.58. The number of fused-ring (bicyclic) bond motifs is 2. The number of halogens is 1. The molecule has 0 aromatic heterocycles. The number of hydrogen-bond acceptors (Lipinski definition) is 4. The van der Waals surface area contributed by atoms with Crippen LogP contribution in [0.1, 0.15) is 16.7 Å². The molecule has 0 unspecified atom stereocenters. The molecule has 3 amide bonds. The van der Waals surface area contributed by atoms with Crippen molar-refractivity contribution in [3.63, 3.8) is 0 Å². The number of methoxy groups -OCH3 is 1. The van der Waals surface area contributed by atoms with Gasteiger partial charge in [-0.1, -0.05) is 42.0 Å². The van der Waals surface area contributed by atoms with Crippen molar-refractivity contribution < 1.29 is 18.7 Å². The lowest BCUT2D eigenvalue weighted by Crippen LogP contribution is -2.51. The molecule has 1 atom stereocenters. The average Bonchev–Trinajstić information content (AvgIpc) is 3.38. The lowest BCUT2D eigenvalue weighted by atomic mass is 10.0. The second-order valence-electron chi connectivity index (χ2n) is 8.31. The van der Waals surface area contributed by atoms with E-state index in [0.717, 1.165) is 11.1 Å². The number of carbonyl (C=O) groups excluding carboxylic acids is 2. The smallest absolute Gasteiger partial charge is 0.323 e. The number of anilines is 2. The molecule has 34 heavy (non-hydrogen) atoms. The van der Waals surface area contributed by atoms with E-state index >= 15 is 0 Å². The van der Waals surface area contributed by atoms with Gasteiger partial charge in [0.15, 0.2) is 4.87 Å². The van der Waals surface area contributed by atoms with Gasteiger partial charge < -0.3 is 15.0 Å². The predicted octanol–water partition coefficient (Wildman–Crippen LogP) is 5.12. The van der Waals surface area contributed by atoms with Crippen molar-refractivity contribution in [2.24, 2.45) is 0 Å². The molecule has 2 aliphatic heterocycles. The number of amides is 3. The molecule has 1 fully saturated rings. The number of hydrogen-bond donors (Lipinski definition) is 1. The molecular weight excluding hydrogens is 453 g/mol. The highest BCUT2D eigenvalue weighted by Gasteiger charge is 2.59. The second-order valence-corrected chi connectivity index (χ2v) is 9.60. The Kier molecular flexibility index (Phi) is 5.69. The lowest BCUT2D eigenvalue weighted by molar-refractivity contribution is -0.123. The van der Waals surface area contributed by atoms with Gasteiger partial charge in [-0.3, -0.25) is 9.69 Å². The highest BCUT2D eigenvalue weighted by Crippen LogP contribution is 2.54. The Morgan fingerprint density at radius 3 is 2.76 bits per heavy atom. The van der Waals surface area contributed by atoms with Crippen LogP contribution < -0.4 is 15.0 Å². The molecule has 1 spiro atoms. The van der Waals surface area contributed by atoms with Crippen LogP contribution in [0.2, 0.25) is 0 Å². The van der Waals surface area contributed by atoms with Crippen LogP contribution in [0.25, 0.3) is 0 Å². The predicted molar refractivity (Wildman–Crippen MR) is 132 cm³/mol. The van der Waals surface area contributed by atoms with Gasteiger partial charge >= 0.3 is 6.03 Å². The number of benzene rings is 3. The van der Waals surface area contributed by atoms with Gasteiger partial charge in [-0.25, -0.2) is 9.18 Å². The van der Waals surface area contributed by atoms with Crippen LogP contribution in [0, 0.1) is 12.7 Å². The summed E-state index contributed by atoms with van der Waals surface area (Å²) >= 11 is 1.44. The average molecular weight is 478 g/mol. The summed E-state index contributed by atoms with van der Waals surface area (Å²) in [5, 5.41) is 2.91. The number of nitrogens with zero attached hydrogens (tertiary/aromatic N) is 2. The minimum atomic E-state index is -1.20. The summed E-state index contributed by atoms with van der Waals surface area (Å²) in [7, 11) is 1.56. The van der Waals surface area contributed by atoms with Gasteiger partial charge in [-0.15, -0.1) is 11.8 Å². The van der Waals surface area contributed by atoms with E-state index in [4.69, 9.17) is 4.74 Å². The summed E-state index contributed by atoms with van der Waals surface area (Å²) in [6.07, 6.45) is 0. The van der Waals surface area contributed by atoms with Crippen molar-refractivity contribution in [1.82, 2.24) is 4.90 Å². The largest absolute Gasteiger partial charge is 0.497 e. The molecule has 0 saturated carbocycles. The van der Waals surface area contributed by atoms with Gasteiger partial charge in [0, 0.05) is 35.2 Å². The van der Waals surface area contributed by atoms with Gasteiger partial charge in [-0.2, -0.15) is 0 Å². The van der Waals surface area contributed by atoms with Crippen molar-refractivity contribution in [3.8, 4) is 5.75 Å². The maximum Gasteiger partial charge on any atom is 0.323 e. The fourth-order valence-electron chi connectivity index (χ4n) is 4.57. The van der Waals surface area contributed by atoms with Crippen molar-refractivity contribution in [3.05, 3.63) is 89.2 Å². The van der Waals surface area contributed by atoms with E-state index in [1.54, 1.807) is 59.4 Å². The molecule has 1 saturated heterocycles. The first-order chi connectivity index (χ1) is 16.4. The molecular formula is C26H24FN3O3S. The maximum atomic E-state index is 14.5. The normalized spacial score (nSPS) is 19.0. The number of rotatable bonds is 4. The van der Waals surface area contributed by atoms with Gasteiger partial charge in [0.25, 0.3) is 5.91 Å². The monoisotopic (exact) mass is 477 g/mol. The fraction of sp³-hybridized carbons (Fsp3) is 0.231. The second kappa shape index (κ2) is 8.68. The molecule has 6 nitrogen and oxygen atoms in total. The van der Waals surface area contributed by atoms with Crippen LogP contribution in [-0.4, -0.2) is 36.2 Å². The Labute approximate surface area is 201 Å². The molecule has 0 bridgehead atoms. The zero-order valence-corrected chi connectivity index (χ0v) is 19.7. The van der Waals surface area contributed by atoms with Crippen LogP contribution >= 0.6 is 11.8 Å². The quantitative estimate of drug-likeness (QED) is 0.566. The van der Waals surface area contributed by atoms with E-state index in [1.165, 1.54) is 17.8 Å². The number of aryl methyl sites for hydroxylation is 1. The zero-order chi connectivity index (χ0) is 23.9. The third-order valence-electron chi connectivity index (χ3n) is 6.20. The van der Waals surface area contributed by atoms with Crippen molar-refractivity contribution in [2.75, 3.05) is 29.6 Å².